The Labute approximate surface area is 205 Å². The third-order valence-electron chi connectivity index (χ3n) is 7.24. The van der Waals surface area contributed by atoms with Gasteiger partial charge in [-0.15, -0.1) is 0 Å². The molecule has 0 bridgehead atoms. The Balaban J connectivity index is 1.54. The Morgan fingerprint density at radius 1 is 0.857 bits per heavy atom. The van der Waals surface area contributed by atoms with Crippen molar-refractivity contribution in [2.24, 2.45) is 0 Å². The second kappa shape index (κ2) is 8.02. The van der Waals surface area contributed by atoms with Gasteiger partial charge in [0, 0.05) is 28.3 Å². The highest BCUT2D eigenvalue weighted by Crippen LogP contribution is 2.51. The number of para-hydroxylation sites is 1. The van der Waals surface area contributed by atoms with Crippen molar-refractivity contribution < 1.29 is 14.6 Å². The molecule has 2 aliphatic heterocycles. The lowest BCUT2D eigenvalue weighted by Gasteiger charge is -2.30. The Morgan fingerprint density at radius 3 is 2.11 bits per heavy atom. The van der Waals surface area contributed by atoms with Crippen molar-refractivity contribution in [3.8, 4) is 11.5 Å². The zero-order valence-electron chi connectivity index (χ0n) is 19.8. The predicted octanol–water partition coefficient (Wildman–Crippen LogP) is 6.33. The summed E-state index contributed by atoms with van der Waals surface area (Å²) in [6.07, 6.45) is 0. The maximum Gasteiger partial charge on any atom is 0.240 e. The molecule has 4 heteroatoms. The van der Waals surface area contributed by atoms with Gasteiger partial charge in [-0.1, -0.05) is 92.7 Å². The van der Waals surface area contributed by atoms with Crippen LogP contribution >= 0.6 is 0 Å². The number of phenols is 1. The van der Waals surface area contributed by atoms with Gasteiger partial charge in [-0.05, 0) is 28.8 Å². The number of ether oxygens (including phenoxy) is 1. The summed E-state index contributed by atoms with van der Waals surface area (Å²) in [7, 11) is 0. The lowest BCUT2D eigenvalue weighted by molar-refractivity contribution is -0.118. The third-order valence-corrected chi connectivity index (χ3v) is 7.24. The van der Waals surface area contributed by atoms with Gasteiger partial charge in [-0.2, -0.15) is 0 Å². The summed E-state index contributed by atoms with van der Waals surface area (Å²) >= 11 is 0. The van der Waals surface area contributed by atoms with E-state index in [0.717, 1.165) is 27.9 Å². The summed E-state index contributed by atoms with van der Waals surface area (Å²) in [5, 5.41) is 11.1. The fourth-order valence-electron chi connectivity index (χ4n) is 5.47. The fraction of sp³-hybridized carbons (Fsp3) is 0.194. The lowest BCUT2D eigenvalue weighted by Crippen LogP contribution is -2.34. The first-order valence-electron chi connectivity index (χ1n) is 12.0. The van der Waals surface area contributed by atoms with Crippen LogP contribution in [0.3, 0.4) is 0 Å². The normalized spacial score (nSPS) is 17.9. The van der Waals surface area contributed by atoms with Crippen LogP contribution in [0.5, 0.6) is 11.5 Å². The van der Waals surface area contributed by atoms with E-state index >= 15 is 0 Å². The molecular weight excluding hydrogens is 434 g/mol. The zero-order chi connectivity index (χ0) is 24.2. The molecule has 0 spiro atoms. The summed E-state index contributed by atoms with van der Waals surface area (Å²) in [5.41, 5.74) is 5.32. The number of hydrogen-bond acceptors (Lipinski definition) is 3. The first-order chi connectivity index (χ1) is 17.0. The van der Waals surface area contributed by atoms with Crippen LogP contribution in [0.15, 0.2) is 97.1 Å². The van der Waals surface area contributed by atoms with Crippen LogP contribution in [0, 0.1) is 0 Å². The molecule has 0 aliphatic carbocycles. The van der Waals surface area contributed by atoms with Crippen molar-refractivity contribution in [1.82, 2.24) is 0 Å². The standard InChI is InChI=1S/C31H27NO3/c1-31(2)19-35-27-18-26(33)23(17-24(27)31)28-22-15-9-10-16-25(22)32(30(28)34)29(20-11-5-3-6-12-20)21-13-7-4-8-14-21/h3-18,28-29,33H,19H2,1-2H3. The summed E-state index contributed by atoms with van der Waals surface area (Å²) in [6.45, 7) is 4.80. The highest BCUT2D eigenvalue weighted by molar-refractivity contribution is 6.08. The van der Waals surface area contributed by atoms with E-state index in [0.29, 0.717) is 17.9 Å². The number of amides is 1. The van der Waals surface area contributed by atoms with E-state index in [1.165, 1.54) is 0 Å². The average Bonchev–Trinajstić information content (AvgIpc) is 3.32. The van der Waals surface area contributed by atoms with Gasteiger partial charge in [-0.3, -0.25) is 9.69 Å². The van der Waals surface area contributed by atoms with Crippen LogP contribution in [0.1, 0.15) is 53.6 Å². The van der Waals surface area contributed by atoms with Gasteiger partial charge < -0.3 is 9.84 Å². The average molecular weight is 462 g/mol. The SMILES string of the molecule is CC1(C)COc2cc(O)c(C3C(=O)N(C(c4ccccc4)c4ccccc4)c4ccccc43)cc21. The number of benzene rings is 4. The highest BCUT2D eigenvalue weighted by Gasteiger charge is 2.44. The van der Waals surface area contributed by atoms with E-state index in [1.54, 1.807) is 6.07 Å². The molecule has 2 aliphatic rings. The van der Waals surface area contributed by atoms with Crippen molar-refractivity contribution in [1.29, 1.82) is 0 Å². The molecule has 0 saturated carbocycles. The number of hydrogen-bond donors (Lipinski definition) is 1. The molecule has 4 nitrogen and oxygen atoms in total. The largest absolute Gasteiger partial charge is 0.507 e. The van der Waals surface area contributed by atoms with Crippen LogP contribution in [-0.2, 0) is 10.2 Å². The van der Waals surface area contributed by atoms with Crippen LogP contribution in [0.2, 0.25) is 0 Å². The van der Waals surface area contributed by atoms with Crippen LogP contribution in [0.25, 0.3) is 0 Å². The van der Waals surface area contributed by atoms with Crippen molar-refractivity contribution in [2.75, 3.05) is 11.5 Å². The van der Waals surface area contributed by atoms with Crippen LogP contribution in [0.4, 0.5) is 5.69 Å². The number of rotatable bonds is 4. The molecule has 4 aromatic carbocycles. The molecule has 1 atom stereocenters. The lowest BCUT2D eigenvalue weighted by atomic mass is 9.83. The van der Waals surface area contributed by atoms with Gasteiger partial charge in [0.05, 0.1) is 18.6 Å². The molecule has 2 heterocycles. The minimum Gasteiger partial charge on any atom is -0.507 e. The van der Waals surface area contributed by atoms with Crippen LogP contribution in [-0.4, -0.2) is 17.6 Å². The van der Waals surface area contributed by atoms with E-state index in [1.807, 2.05) is 71.6 Å². The van der Waals surface area contributed by atoms with Gasteiger partial charge in [-0.25, -0.2) is 0 Å². The second-order valence-electron chi connectivity index (χ2n) is 10.0. The molecule has 35 heavy (non-hydrogen) atoms. The Morgan fingerprint density at radius 2 is 1.46 bits per heavy atom. The van der Waals surface area contributed by atoms with E-state index in [-0.39, 0.29) is 23.1 Å². The summed E-state index contributed by atoms with van der Waals surface area (Å²) in [6, 6.07) is 31.5. The Bertz CT molecular complexity index is 1370. The van der Waals surface area contributed by atoms with Crippen molar-refractivity contribution >= 4 is 11.6 Å². The Kier molecular flexibility index (Phi) is 4.92. The zero-order valence-corrected chi connectivity index (χ0v) is 19.8. The van der Waals surface area contributed by atoms with E-state index in [2.05, 4.69) is 38.1 Å². The number of nitrogens with zero attached hydrogens (tertiary/aromatic N) is 1. The van der Waals surface area contributed by atoms with E-state index < -0.39 is 5.92 Å². The Hall–Kier alpha value is -4.05. The quantitative estimate of drug-likeness (QED) is 0.386. The number of carbonyl (C=O) groups is 1. The van der Waals surface area contributed by atoms with Gasteiger partial charge >= 0.3 is 0 Å². The van der Waals surface area contributed by atoms with E-state index in [4.69, 9.17) is 4.74 Å². The number of phenolic OH excluding ortho intramolecular Hbond substituents is 1. The number of fused-ring (bicyclic) bond motifs is 2. The summed E-state index contributed by atoms with van der Waals surface area (Å²) in [5.74, 6) is 0.143. The molecular formula is C31H27NO3. The molecule has 0 aromatic heterocycles. The van der Waals surface area contributed by atoms with Gasteiger partial charge in [0.25, 0.3) is 0 Å². The predicted molar refractivity (Wildman–Crippen MR) is 137 cm³/mol. The molecule has 0 saturated heterocycles. The molecule has 174 valence electrons. The first kappa shape index (κ1) is 21.5. The molecule has 1 amide bonds. The molecule has 1 N–H and O–H groups in total. The van der Waals surface area contributed by atoms with Crippen molar-refractivity contribution in [3.63, 3.8) is 0 Å². The first-order valence-corrected chi connectivity index (χ1v) is 12.0. The highest BCUT2D eigenvalue weighted by atomic mass is 16.5. The van der Waals surface area contributed by atoms with E-state index in [9.17, 15) is 9.90 Å². The summed E-state index contributed by atoms with van der Waals surface area (Å²) in [4.78, 5) is 16.3. The molecule has 1 unspecified atom stereocenters. The molecule has 0 fully saturated rings. The number of carbonyl (C=O) groups excluding carboxylic acids is 1. The van der Waals surface area contributed by atoms with Gasteiger partial charge in [0.1, 0.15) is 11.5 Å². The maximum atomic E-state index is 14.3. The molecule has 0 radical (unpaired) electrons. The smallest absolute Gasteiger partial charge is 0.240 e. The van der Waals surface area contributed by atoms with Crippen LogP contribution < -0.4 is 9.64 Å². The minimum atomic E-state index is -0.595. The number of anilines is 1. The maximum absolute atomic E-state index is 14.3. The van der Waals surface area contributed by atoms with Crippen molar-refractivity contribution in [2.45, 2.75) is 31.2 Å². The monoisotopic (exact) mass is 461 g/mol. The van der Waals surface area contributed by atoms with Gasteiger partial charge in [0.15, 0.2) is 0 Å². The fourth-order valence-corrected chi connectivity index (χ4v) is 5.47. The summed E-state index contributed by atoms with van der Waals surface area (Å²) < 4.78 is 5.83. The number of aromatic hydroxyl groups is 1. The van der Waals surface area contributed by atoms with Gasteiger partial charge in [0.2, 0.25) is 5.91 Å². The third kappa shape index (κ3) is 3.40. The van der Waals surface area contributed by atoms with Crippen molar-refractivity contribution in [3.05, 3.63) is 125 Å². The molecule has 6 rings (SSSR count). The minimum absolute atomic E-state index is 0.0455. The molecule has 4 aromatic rings. The topological polar surface area (TPSA) is 49.8 Å². The second-order valence-corrected chi connectivity index (χ2v) is 10.0.